The Morgan fingerprint density at radius 2 is 2.19 bits per heavy atom. The predicted molar refractivity (Wildman–Crippen MR) is 64.9 cm³/mol. The Balaban J connectivity index is 2.25. The number of carbonyl (C=O) groups excluding carboxylic acids is 1. The van der Waals surface area contributed by atoms with E-state index in [0.29, 0.717) is 30.3 Å². The number of halogens is 1. The molecule has 1 aromatic rings. The van der Waals surface area contributed by atoms with Gasteiger partial charge in [-0.15, -0.1) is 0 Å². The quantitative estimate of drug-likeness (QED) is 0.832. The van der Waals surface area contributed by atoms with E-state index in [9.17, 15) is 4.79 Å². The molecule has 1 N–H and O–H groups in total. The molecular weight excluding hydrogens is 226 g/mol. The summed E-state index contributed by atoms with van der Waals surface area (Å²) in [7, 11) is 0. The smallest absolute Gasteiger partial charge is 0.223 e. The lowest BCUT2D eigenvalue weighted by atomic mass is 10.3. The fourth-order valence-electron chi connectivity index (χ4n) is 1.17. The molecule has 1 aromatic carbocycles. The van der Waals surface area contributed by atoms with Crippen LogP contribution in [-0.4, -0.2) is 19.1 Å². The van der Waals surface area contributed by atoms with Gasteiger partial charge >= 0.3 is 0 Å². The highest BCUT2D eigenvalue weighted by Gasteiger charge is 2.02. The number of ether oxygens (including phenoxy) is 1. The van der Waals surface area contributed by atoms with Crippen molar-refractivity contribution < 1.29 is 9.53 Å². The molecule has 0 heterocycles. The van der Waals surface area contributed by atoms with Gasteiger partial charge in [0.1, 0.15) is 5.75 Å². The van der Waals surface area contributed by atoms with Gasteiger partial charge in [0.05, 0.1) is 18.1 Å². The van der Waals surface area contributed by atoms with Gasteiger partial charge in [0.25, 0.3) is 0 Å². The minimum Gasteiger partial charge on any atom is -0.491 e. The van der Waals surface area contributed by atoms with Gasteiger partial charge in [0.2, 0.25) is 5.91 Å². The third kappa shape index (κ3) is 4.53. The molecule has 1 rings (SSSR count). The average Bonchev–Trinajstić information content (AvgIpc) is 2.29. The van der Waals surface area contributed by atoms with Crippen LogP contribution < -0.4 is 10.1 Å². The number of para-hydroxylation sites is 1. The normalized spacial score (nSPS) is 9.88. The highest BCUT2D eigenvalue weighted by molar-refractivity contribution is 6.32. The fraction of sp³-hybridized carbons (Fsp3) is 0.417. The van der Waals surface area contributed by atoms with Gasteiger partial charge in [0, 0.05) is 6.54 Å². The van der Waals surface area contributed by atoms with Crippen LogP contribution in [0.4, 0.5) is 0 Å². The highest BCUT2D eigenvalue weighted by atomic mass is 35.5. The molecule has 0 aliphatic heterocycles. The van der Waals surface area contributed by atoms with Crippen molar-refractivity contribution in [2.45, 2.75) is 19.8 Å². The lowest BCUT2D eigenvalue weighted by Crippen LogP contribution is -2.25. The lowest BCUT2D eigenvalue weighted by Gasteiger charge is -2.07. The Kier molecular flexibility index (Phi) is 5.72. The summed E-state index contributed by atoms with van der Waals surface area (Å²) in [5.74, 6) is 0.626. The number of hydrogen-bond acceptors (Lipinski definition) is 2. The van der Waals surface area contributed by atoms with E-state index in [4.69, 9.17) is 16.3 Å². The molecule has 0 saturated heterocycles. The van der Waals surface area contributed by atoms with Crippen LogP contribution in [0.1, 0.15) is 19.8 Å². The van der Waals surface area contributed by atoms with Gasteiger partial charge in [0.15, 0.2) is 0 Å². The third-order valence-corrected chi connectivity index (χ3v) is 2.31. The van der Waals surface area contributed by atoms with Gasteiger partial charge < -0.3 is 10.1 Å². The Morgan fingerprint density at radius 3 is 2.88 bits per heavy atom. The maximum absolute atomic E-state index is 11.3. The van der Waals surface area contributed by atoms with E-state index >= 15 is 0 Å². The molecule has 1 amide bonds. The molecule has 88 valence electrons. The standard InChI is InChI=1S/C12H16ClNO2/c1-2-8-14-12(15)7-9-16-11-6-4-3-5-10(11)13/h3-6H,2,7-9H2,1H3,(H,14,15). The first-order valence-electron chi connectivity index (χ1n) is 5.38. The van der Waals surface area contributed by atoms with Crippen LogP contribution >= 0.6 is 11.6 Å². The number of nitrogens with one attached hydrogen (secondary N) is 1. The van der Waals surface area contributed by atoms with E-state index in [2.05, 4.69) is 5.32 Å². The molecule has 3 nitrogen and oxygen atoms in total. The van der Waals surface area contributed by atoms with Crippen molar-refractivity contribution in [2.75, 3.05) is 13.2 Å². The van der Waals surface area contributed by atoms with Gasteiger partial charge in [-0.3, -0.25) is 4.79 Å². The van der Waals surface area contributed by atoms with E-state index in [0.717, 1.165) is 6.42 Å². The molecule has 0 spiro atoms. The summed E-state index contributed by atoms with van der Waals surface area (Å²) < 4.78 is 5.39. The average molecular weight is 242 g/mol. The molecule has 0 aromatic heterocycles. The van der Waals surface area contributed by atoms with E-state index in [-0.39, 0.29) is 5.91 Å². The first-order valence-corrected chi connectivity index (χ1v) is 5.76. The second-order valence-electron chi connectivity index (χ2n) is 3.38. The Bertz CT molecular complexity index is 342. The zero-order chi connectivity index (χ0) is 11.8. The molecule has 16 heavy (non-hydrogen) atoms. The number of hydrogen-bond donors (Lipinski definition) is 1. The number of benzene rings is 1. The number of carbonyl (C=O) groups is 1. The first-order chi connectivity index (χ1) is 7.74. The van der Waals surface area contributed by atoms with Crippen LogP contribution in [0.2, 0.25) is 5.02 Å². The van der Waals surface area contributed by atoms with Crippen molar-refractivity contribution in [3.8, 4) is 5.75 Å². The molecule has 0 radical (unpaired) electrons. The molecule has 0 unspecified atom stereocenters. The van der Waals surface area contributed by atoms with E-state index < -0.39 is 0 Å². The SMILES string of the molecule is CCCNC(=O)CCOc1ccccc1Cl. The van der Waals surface area contributed by atoms with Crippen LogP contribution in [0.3, 0.4) is 0 Å². The number of amides is 1. The molecule has 0 fully saturated rings. The molecule has 0 aliphatic rings. The molecule has 4 heteroatoms. The minimum atomic E-state index is 0.00824. The predicted octanol–water partition coefficient (Wildman–Crippen LogP) is 2.64. The first kappa shape index (κ1) is 12.8. The number of rotatable bonds is 6. The second-order valence-corrected chi connectivity index (χ2v) is 3.79. The lowest BCUT2D eigenvalue weighted by molar-refractivity contribution is -0.121. The summed E-state index contributed by atoms with van der Waals surface area (Å²) in [5.41, 5.74) is 0. The van der Waals surface area contributed by atoms with Gasteiger partial charge in [-0.25, -0.2) is 0 Å². The van der Waals surface area contributed by atoms with Gasteiger partial charge in [-0.2, -0.15) is 0 Å². The van der Waals surface area contributed by atoms with Crippen LogP contribution in [0.15, 0.2) is 24.3 Å². The van der Waals surface area contributed by atoms with Gasteiger partial charge in [-0.1, -0.05) is 30.7 Å². The van der Waals surface area contributed by atoms with Crippen molar-refractivity contribution >= 4 is 17.5 Å². The van der Waals surface area contributed by atoms with Crippen LogP contribution in [0.5, 0.6) is 5.75 Å². The Morgan fingerprint density at radius 1 is 1.44 bits per heavy atom. The van der Waals surface area contributed by atoms with E-state index in [1.807, 2.05) is 19.1 Å². The summed E-state index contributed by atoms with van der Waals surface area (Å²) in [5, 5.41) is 3.35. The van der Waals surface area contributed by atoms with Crippen molar-refractivity contribution in [2.24, 2.45) is 0 Å². The minimum absolute atomic E-state index is 0.00824. The van der Waals surface area contributed by atoms with Crippen LogP contribution in [-0.2, 0) is 4.79 Å². The molecular formula is C12H16ClNO2. The molecule has 0 bridgehead atoms. The van der Waals surface area contributed by atoms with Crippen LogP contribution in [0.25, 0.3) is 0 Å². The van der Waals surface area contributed by atoms with Crippen molar-refractivity contribution in [1.29, 1.82) is 0 Å². The maximum atomic E-state index is 11.3. The van der Waals surface area contributed by atoms with Crippen molar-refractivity contribution in [1.82, 2.24) is 5.32 Å². The molecule has 0 saturated carbocycles. The monoisotopic (exact) mass is 241 g/mol. The highest BCUT2D eigenvalue weighted by Crippen LogP contribution is 2.22. The summed E-state index contributed by atoms with van der Waals surface area (Å²) in [6, 6.07) is 7.22. The van der Waals surface area contributed by atoms with E-state index in [1.165, 1.54) is 0 Å². The largest absolute Gasteiger partial charge is 0.491 e. The zero-order valence-corrected chi connectivity index (χ0v) is 10.1. The summed E-state index contributed by atoms with van der Waals surface area (Å²) in [4.78, 5) is 11.3. The zero-order valence-electron chi connectivity index (χ0n) is 9.33. The summed E-state index contributed by atoms with van der Waals surface area (Å²) in [6.45, 7) is 3.07. The topological polar surface area (TPSA) is 38.3 Å². The summed E-state index contributed by atoms with van der Waals surface area (Å²) in [6.07, 6.45) is 1.29. The van der Waals surface area contributed by atoms with Crippen molar-refractivity contribution in [3.63, 3.8) is 0 Å². The van der Waals surface area contributed by atoms with E-state index in [1.54, 1.807) is 12.1 Å². The maximum Gasteiger partial charge on any atom is 0.223 e. The van der Waals surface area contributed by atoms with Crippen LogP contribution in [0, 0.1) is 0 Å². The second kappa shape index (κ2) is 7.12. The Hall–Kier alpha value is -1.22. The molecule has 0 aliphatic carbocycles. The summed E-state index contributed by atoms with van der Waals surface area (Å²) >= 11 is 5.90. The van der Waals surface area contributed by atoms with Gasteiger partial charge in [-0.05, 0) is 18.6 Å². The molecule has 0 atom stereocenters. The van der Waals surface area contributed by atoms with Crippen molar-refractivity contribution in [3.05, 3.63) is 29.3 Å². The third-order valence-electron chi connectivity index (χ3n) is 2.00. The fourth-order valence-corrected chi connectivity index (χ4v) is 1.36. The Labute approximate surface area is 101 Å².